The number of rotatable bonds is 8. The molecule has 11 nitrogen and oxygen atoms in total. The van der Waals surface area contributed by atoms with Gasteiger partial charge in [-0.05, 0) is 6.07 Å². The molecule has 0 aliphatic rings. The maximum absolute atomic E-state index is 11.0. The maximum atomic E-state index is 11.0. The van der Waals surface area contributed by atoms with E-state index < -0.39 is 33.3 Å². The molecule has 24 heavy (non-hydrogen) atoms. The molecule has 0 saturated heterocycles. The van der Waals surface area contributed by atoms with E-state index in [1.54, 1.807) is 0 Å². The van der Waals surface area contributed by atoms with Crippen LogP contribution in [-0.2, 0) is 14.3 Å². The summed E-state index contributed by atoms with van der Waals surface area (Å²) in [6.45, 7) is 2.11. The molecule has 1 N–H and O–H groups in total. The van der Waals surface area contributed by atoms with Gasteiger partial charge in [-0.3, -0.25) is 29.8 Å². The zero-order chi connectivity index (χ0) is 18.3. The van der Waals surface area contributed by atoms with Gasteiger partial charge in [0, 0.05) is 19.9 Å². The number of ether oxygens (including phenoxy) is 2. The van der Waals surface area contributed by atoms with Crippen molar-refractivity contribution in [1.29, 1.82) is 0 Å². The lowest BCUT2D eigenvalue weighted by Gasteiger charge is -2.17. The van der Waals surface area contributed by atoms with Crippen LogP contribution in [0.5, 0.6) is 5.75 Å². The van der Waals surface area contributed by atoms with E-state index in [-0.39, 0.29) is 24.8 Å². The van der Waals surface area contributed by atoms with Crippen molar-refractivity contribution in [3.8, 4) is 5.75 Å². The molecular weight excluding hydrogens is 326 g/mol. The van der Waals surface area contributed by atoms with Gasteiger partial charge < -0.3 is 14.8 Å². The summed E-state index contributed by atoms with van der Waals surface area (Å²) in [6.07, 6.45) is -0.874. The molecule has 0 radical (unpaired) electrons. The third kappa shape index (κ3) is 5.87. The molecule has 1 aromatic rings. The first kappa shape index (κ1) is 18.8. The third-order valence-corrected chi connectivity index (χ3v) is 2.69. The number of nitrogens with one attached hydrogen (secondary N) is 1. The van der Waals surface area contributed by atoms with Gasteiger partial charge in [-0.2, -0.15) is 0 Å². The number of amides is 1. The number of hydrogen-bond acceptors (Lipinski definition) is 8. The number of nitro groups is 2. The van der Waals surface area contributed by atoms with Crippen LogP contribution < -0.4 is 10.1 Å². The van der Waals surface area contributed by atoms with E-state index in [4.69, 9.17) is 9.47 Å². The summed E-state index contributed by atoms with van der Waals surface area (Å²) in [5.41, 5.74) is -1.05. The SMILES string of the molecule is CC(=O)NCC(COc1ccc([N+](=O)[O-])cc1[N+](=O)[O-])OC(C)=O. The fourth-order valence-corrected chi connectivity index (χ4v) is 1.69. The zero-order valence-corrected chi connectivity index (χ0v) is 12.9. The van der Waals surface area contributed by atoms with Crippen LogP contribution in [0.2, 0.25) is 0 Å². The summed E-state index contributed by atoms with van der Waals surface area (Å²) < 4.78 is 10.2. The lowest BCUT2D eigenvalue weighted by atomic mass is 10.2. The second-order valence-electron chi connectivity index (χ2n) is 4.65. The summed E-state index contributed by atoms with van der Waals surface area (Å²) >= 11 is 0. The molecule has 0 aliphatic carbocycles. The molecular formula is C13H15N3O8. The monoisotopic (exact) mass is 341 g/mol. The van der Waals surface area contributed by atoms with Gasteiger partial charge in [0.25, 0.3) is 5.69 Å². The summed E-state index contributed by atoms with van der Waals surface area (Å²) in [7, 11) is 0. The second-order valence-corrected chi connectivity index (χ2v) is 4.65. The Balaban J connectivity index is 2.88. The maximum Gasteiger partial charge on any atom is 0.317 e. The van der Waals surface area contributed by atoms with E-state index in [1.165, 1.54) is 6.92 Å². The Labute approximate surface area is 135 Å². The van der Waals surface area contributed by atoms with E-state index in [0.29, 0.717) is 0 Å². The fraction of sp³-hybridized carbons (Fsp3) is 0.385. The quantitative estimate of drug-likeness (QED) is 0.417. The van der Waals surface area contributed by atoms with Crippen molar-refractivity contribution in [2.45, 2.75) is 20.0 Å². The molecule has 1 rings (SSSR count). The zero-order valence-electron chi connectivity index (χ0n) is 12.9. The number of nitro benzene ring substituents is 2. The Hall–Kier alpha value is -3.24. The molecule has 11 heteroatoms. The second kappa shape index (κ2) is 8.41. The summed E-state index contributed by atoms with van der Waals surface area (Å²) in [5, 5.41) is 24.1. The molecule has 0 bridgehead atoms. The molecule has 0 aromatic heterocycles. The molecule has 0 saturated carbocycles. The summed E-state index contributed by atoms with van der Waals surface area (Å²) in [4.78, 5) is 42.0. The van der Waals surface area contributed by atoms with Crippen molar-refractivity contribution in [3.63, 3.8) is 0 Å². The first-order chi connectivity index (χ1) is 11.2. The van der Waals surface area contributed by atoms with Gasteiger partial charge in [0.1, 0.15) is 6.61 Å². The normalized spacial score (nSPS) is 11.2. The van der Waals surface area contributed by atoms with Gasteiger partial charge in [-0.15, -0.1) is 0 Å². The lowest BCUT2D eigenvalue weighted by molar-refractivity contribution is -0.394. The minimum absolute atomic E-state index is 0.0459. The fourth-order valence-electron chi connectivity index (χ4n) is 1.69. The molecule has 0 spiro atoms. The highest BCUT2D eigenvalue weighted by molar-refractivity contribution is 5.73. The molecule has 1 aromatic carbocycles. The largest absolute Gasteiger partial charge is 0.483 e. The van der Waals surface area contributed by atoms with Gasteiger partial charge in [0.05, 0.1) is 22.5 Å². The number of non-ortho nitro benzene ring substituents is 1. The number of esters is 1. The van der Waals surface area contributed by atoms with Crippen molar-refractivity contribution in [2.75, 3.05) is 13.2 Å². The van der Waals surface area contributed by atoms with Gasteiger partial charge in [-0.25, -0.2) is 0 Å². The highest BCUT2D eigenvalue weighted by Crippen LogP contribution is 2.31. The van der Waals surface area contributed by atoms with E-state index in [1.807, 2.05) is 0 Å². The number of carbonyl (C=O) groups excluding carboxylic acids is 2. The Morgan fingerprint density at radius 1 is 1.21 bits per heavy atom. The van der Waals surface area contributed by atoms with Crippen LogP contribution in [0, 0.1) is 20.2 Å². The first-order valence-electron chi connectivity index (χ1n) is 6.68. The van der Waals surface area contributed by atoms with Crippen LogP contribution in [0.1, 0.15) is 13.8 Å². The molecule has 0 fully saturated rings. The van der Waals surface area contributed by atoms with Gasteiger partial charge in [0.15, 0.2) is 11.9 Å². The van der Waals surface area contributed by atoms with Crippen LogP contribution in [0.25, 0.3) is 0 Å². The van der Waals surface area contributed by atoms with E-state index in [0.717, 1.165) is 25.1 Å². The summed E-state index contributed by atoms with van der Waals surface area (Å²) in [5.74, 6) is -1.19. The number of benzene rings is 1. The Morgan fingerprint density at radius 3 is 2.38 bits per heavy atom. The van der Waals surface area contributed by atoms with Crippen molar-refractivity contribution < 1.29 is 28.9 Å². The lowest BCUT2D eigenvalue weighted by Crippen LogP contribution is -2.37. The molecule has 1 amide bonds. The molecule has 130 valence electrons. The van der Waals surface area contributed by atoms with E-state index in [2.05, 4.69) is 5.32 Å². The number of nitrogens with zero attached hydrogens (tertiary/aromatic N) is 2. The van der Waals surface area contributed by atoms with Crippen molar-refractivity contribution >= 4 is 23.3 Å². The predicted molar refractivity (Wildman–Crippen MR) is 79.5 cm³/mol. The van der Waals surface area contributed by atoms with Crippen LogP contribution in [0.3, 0.4) is 0 Å². The summed E-state index contributed by atoms with van der Waals surface area (Å²) in [6, 6.07) is 2.90. The highest BCUT2D eigenvalue weighted by atomic mass is 16.6. The topological polar surface area (TPSA) is 151 Å². The van der Waals surface area contributed by atoms with Crippen molar-refractivity contribution in [3.05, 3.63) is 38.4 Å². The minimum atomic E-state index is -0.874. The number of hydrogen-bond donors (Lipinski definition) is 1. The average molecular weight is 341 g/mol. The smallest absolute Gasteiger partial charge is 0.317 e. The van der Waals surface area contributed by atoms with Gasteiger partial charge in [0.2, 0.25) is 5.91 Å². The first-order valence-corrected chi connectivity index (χ1v) is 6.68. The standard InChI is InChI=1S/C13H15N3O8/c1-8(17)14-6-11(24-9(2)18)7-23-13-4-3-10(15(19)20)5-12(13)16(21)22/h3-5,11H,6-7H2,1-2H3,(H,14,17). The molecule has 0 aliphatic heterocycles. The van der Waals surface area contributed by atoms with Crippen LogP contribution in [-0.4, -0.2) is 41.0 Å². The van der Waals surface area contributed by atoms with Gasteiger partial charge in [-0.1, -0.05) is 0 Å². The van der Waals surface area contributed by atoms with E-state index in [9.17, 15) is 29.8 Å². The van der Waals surface area contributed by atoms with Gasteiger partial charge >= 0.3 is 11.7 Å². The van der Waals surface area contributed by atoms with E-state index >= 15 is 0 Å². The minimum Gasteiger partial charge on any atom is -0.483 e. The van der Waals surface area contributed by atoms with Crippen LogP contribution >= 0.6 is 0 Å². The Kier molecular flexibility index (Phi) is 6.59. The number of carbonyl (C=O) groups is 2. The predicted octanol–water partition coefficient (Wildman–Crippen LogP) is 0.950. The van der Waals surface area contributed by atoms with Crippen LogP contribution in [0.15, 0.2) is 18.2 Å². The molecule has 0 heterocycles. The molecule has 1 atom stereocenters. The Morgan fingerprint density at radius 2 is 1.88 bits per heavy atom. The van der Waals surface area contributed by atoms with Crippen molar-refractivity contribution in [2.24, 2.45) is 0 Å². The third-order valence-electron chi connectivity index (χ3n) is 2.69. The Bertz CT molecular complexity index is 661. The van der Waals surface area contributed by atoms with Crippen molar-refractivity contribution in [1.82, 2.24) is 5.32 Å². The van der Waals surface area contributed by atoms with Crippen LogP contribution in [0.4, 0.5) is 11.4 Å². The highest BCUT2D eigenvalue weighted by Gasteiger charge is 2.22. The average Bonchev–Trinajstić information content (AvgIpc) is 2.49. The molecule has 1 unspecified atom stereocenters.